The zero-order valence-corrected chi connectivity index (χ0v) is 16.6. The van der Waals surface area contributed by atoms with E-state index < -0.39 is 15.9 Å². The van der Waals surface area contributed by atoms with Gasteiger partial charge < -0.3 is 5.32 Å². The van der Waals surface area contributed by atoms with Gasteiger partial charge in [-0.3, -0.25) is 9.10 Å². The average Bonchev–Trinajstić information content (AvgIpc) is 2.67. The van der Waals surface area contributed by atoms with Crippen LogP contribution < -0.4 is 9.62 Å². The second-order valence-electron chi connectivity index (χ2n) is 6.58. The predicted molar refractivity (Wildman–Crippen MR) is 112 cm³/mol. The van der Waals surface area contributed by atoms with Gasteiger partial charge in [0.15, 0.2) is 0 Å². The van der Waals surface area contributed by atoms with Crippen LogP contribution in [-0.2, 0) is 14.8 Å². The van der Waals surface area contributed by atoms with Gasteiger partial charge in [0.05, 0.1) is 10.6 Å². The number of nitrogens with one attached hydrogen (secondary N) is 1. The molecule has 0 aromatic heterocycles. The van der Waals surface area contributed by atoms with E-state index in [-0.39, 0.29) is 11.4 Å². The van der Waals surface area contributed by atoms with Crippen LogP contribution in [0.1, 0.15) is 11.1 Å². The summed E-state index contributed by atoms with van der Waals surface area (Å²) in [6, 6.07) is 22.6. The minimum absolute atomic E-state index is 0.139. The Bertz CT molecular complexity index is 1080. The van der Waals surface area contributed by atoms with E-state index in [2.05, 4.69) is 5.32 Å². The van der Waals surface area contributed by atoms with Gasteiger partial charge in [0.2, 0.25) is 5.91 Å². The molecule has 0 aliphatic rings. The number of carbonyl (C=O) groups excluding carboxylic acids is 1. The Morgan fingerprint density at radius 2 is 1.50 bits per heavy atom. The van der Waals surface area contributed by atoms with Crippen molar-refractivity contribution in [3.8, 4) is 0 Å². The predicted octanol–water partition coefficient (Wildman–Crippen LogP) is 4.14. The Morgan fingerprint density at radius 3 is 2.14 bits per heavy atom. The van der Waals surface area contributed by atoms with Crippen molar-refractivity contribution in [2.24, 2.45) is 0 Å². The Hall–Kier alpha value is -3.12. The third kappa shape index (κ3) is 4.58. The van der Waals surface area contributed by atoms with Crippen molar-refractivity contribution in [2.45, 2.75) is 18.7 Å². The molecule has 1 amide bonds. The fourth-order valence-corrected chi connectivity index (χ4v) is 4.31. The number of hydrogen-bond donors (Lipinski definition) is 1. The van der Waals surface area contributed by atoms with Gasteiger partial charge in [-0.25, -0.2) is 8.42 Å². The molecular formula is C22H22N2O3S. The highest BCUT2D eigenvalue weighted by Crippen LogP contribution is 2.24. The summed E-state index contributed by atoms with van der Waals surface area (Å²) in [5, 5.41) is 2.78. The lowest BCUT2D eigenvalue weighted by Crippen LogP contribution is -2.38. The highest BCUT2D eigenvalue weighted by molar-refractivity contribution is 7.92. The number of nitrogens with zero attached hydrogens (tertiary/aromatic N) is 1. The molecule has 0 aliphatic carbocycles. The van der Waals surface area contributed by atoms with Crippen LogP contribution in [0.25, 0.3) is 0 Å². The smallest absolute Gasteiger partial charge is 0.264 e. The quantitative estimate of drug-likeness (QED) is 0.683. The number of benzene rings is 3. The van der Waals surface area contributed by atoms with E-state index in [9.17, 15) is 13.2 Å². The molecule has 0 aliphatic heterocycles. The monoisotopic (exact) mass is 394 g/mol. The minimum atomic E-state index is -3.89. The molecule has 144 valence electrons. The topological polar surface area (TPSA) is 66.5 Å². The third-order valence-electron chi connectivity index (χ3n) is 4.21. The van der Waals surface area contributed by atoms with E-state index in [1.54, 1.807) is 42.5 Å². The molecule has 3 aromatic rings. The summed E-state index contributed by atoms with van der Waals surface area (Å²) in [7, 11) is -3.89. The van der Waals surface area contributed by atoms with E-state index in [0.717, 1.165) is 15.4 Å². The largest absolute Gasteiger partial charge is 0.325 e. The van der Waals surface area contributed by atoms with Gasteiger partial charge >= 0.3 is 0 Å². The van der Waals surface area contributed by atoms with Crippen LogP contribution >= 0.6 is 0 Å². The van der Waals surface area contributed by atoms with Crippen LogP contribution in [0.3, 0.4) is 0 Å². The van der Waals surface area contributed by atoms with E-state index >= 15 is 0 Å². The molecular weight excluding hydrogens is 372 g/mol. The number of amides is 1. The van der Waals surface area contributed by atoms with Gasteiger partial charge in [-0.1, -0.05) is 42.5 Å². The SMILES string of the molecule is Cc1cccc(NC(=O)CN(c2cccc(C)c2)S(=O)(=O)c2ccccc2)c1. The molecule has 0 atom stereocenters. The van der Waals surface area contributed by atoms with Gasteiger partial charge in [0, 0.05) is 5.69 Å². The summed E-state index contributed by atoms with van der Waals surface area (Å²) in [5.41, 5.74) is 2.99. The number of hydrogen-bond acceptors (Lipinski definition) is 3. The molecule has 28 heavy (non-hydrogen) atoms. The normalized spacial score (nSPS) is 11.1. The summed E-state index contributed by atoms with van der Waals surface area (Å²) < 4.78 is 27.6. The maximum absolute atomic E-state index is 13.2. The van der Waals surface area contributed by atoms with Gasteiger partial charge in [0.25, 0.3) is 10.0 Å². The van der Waals surface area contributed by atoms with Crippen molar-refractivity contribution in [3.63, 3.8) is 0 Å². The zero-order valence-electron chi connectivity index (χ0n) is 15.8. The van der Waals surface area contributed by atoms with Crippen LogP contribution in [0.5, 0.6) is 0 Å². The lowest BCUT2D eigenvalue weighted by Gasteiger charge is -2.24. The van der Waals surface area contributed by atoms with Gasteiger partial charge in [0.1, 0.15) is 6.54 Å². The fourth-order valence-electron chi connectivity index (χ4n) is 2.87. The highest BCUT2D eigenvalue weighted by atomic mass is 32.2. The van der Waals surface area contributed by atoms with Crippen molar-refractivity contribution < 1.29 is 13.2 Å². The Kier molecular flexibility index (Phi) is 5.80. The molecule has 3 aromatic carbocycles. The van der Waals surface area contributed by atoms with Crippen LogP contribution in [0.15, 0.2) is 83.8 Å². The van der Waals surface area contributed by atoms with Crippen molar-refractivity contribution in [1.82, 2.24) is 0 Å². The number of anilines is 2. The molecule has 0 heterocycles. The molecule has 0 radical (unpaired) electrons. The number of sulfonamides is 1. The van der Waals surface area contributed by atoms with Crippen molar-refractivity contribution >= 4 is 27.3 Å². The van der Waals surface area contributed by atoms with E-state index in [4.69, 9.17) is 0 Å². The summed E-state index contributed by atoms with van der Waals surface area (Å²) in [4.78, 5) is 12.8. The first-order valence-electron chi connectivity index (χ1n) is 8.87. The second kappa shape index (κ2) is 8.27. The lowest BCUT2D eigenvalue weighted by molar-refractivity contribution is -0.114. The molecule has 0 bridgehead atoms. The van der Waals surface area contributed by atoms with Crippen molar-refractivity contribution in [1.29, 1.82) is 0 Å². The fraction of sp³-hybridized carbons (Fsp3) is 0.136. The van der Waals surface area contributed by atoms with Crippen LogP contribution in [-0.4, -0.2) is 20.9 Å². The Morgan fingerprint density at radius 1 is 0.857 bits per heavy atom. The first-order chi connectivity index (χ1) is 13.4. The zero-order chi connectivity index (χ0) is 20.1. The maximum Gasteiger partial charge on any atom is 0.264 e. The number of aryl methyl sites for hydroxylation is 2. The van der Waals surface area contributed by atoms with Crippen LogP contribution in [0.4, 0.5) is 11.4 Å². The molecule has 0 fully saturated rings. The Balaban J connectivity index is 1.94. The first kappa shape index (κ1) is 19.6. The second-order valence-corrected chi connectivity index (χ2v) is 8.44. The third-order valence-corrected chi connectivity index (χ3v) is 6.00. The first-order valence-corrected chi connectivity index (χ1v) is 10.3. The number of rotatable bonds is 6. The summed E-state index contributed by atoms with van der Waals surface area (Å²) in [6.45, 7) is 3.48. The average molecular weight is 394 g/mol. The molecule has 0 saturated heterocycles. The van der Waals surface area contributed by atoms with Crippen LogP contribution in [0.2, 0.25) is 0 Å². The molecule has 1 N–H and O–H groups in total. The van der Waals surface area contributed by atoms with E-state index in [1.807, 2.05) is 38.1 Å². The lowest BCUT2D eigenvalue weighted by atomic mass is 10.2. The number of carbonyl (C=O) groups is 1. The van der Waals surface area contributed by atoms with E-state index in [1.165, 1.54) is 12.1 Å². The molecule has 0 unspecified atom stereocenters. The summed E-state index contributed by atoms with van der Waals surface area (Å²) in [6.07, 6.45) is 0. The molecule has 0 spiro atoms. The molecule has 3 rings (SSSR count). The van der Waals surface area contributed by atoms with E-state index in [0.29, 0.717) is 11.4 Å². The minimum Gasteiger partial charge on any atom is -0.325 e. The Labute approximate surface area is 165 Å². The molecule has 5 nitrogen and oxygen atoms in total. The maximum atomic E-state index is 13.2. The summed E-state index contributed by atoms with van der Waals surface area (Å²) >= 11 is 0. The molecule has 6 heteroatoms. The van der Waals surface area contributed by atoms with Crippen molar-refractivity contribution in [2.75, 3.05) is 16.2 Å². The molecule has 0 saturated carbocycles. The van der Waals surface area contributed by atoms with Gasteiger partial charge in [-0.15, -0.1) is 0 Å². The standard InChI is InChI=1S/C22H22N2O3S/c1-17-8-6-10-19(14-17)23-22(25)16-24(20-11-7-9-18(2)15-20)28(26,27)21-12-4-3-5-13-21/h3-15H,16H2,1-2H3,(H,23,25). The summed E-state index contributed by atoms with van der Waals surface area (Å²) in [5.74, 6) is -0.411. The van der Waals surface area contributed by atoms with Gasteiger partial charge in [-0.2, -0.15) is 0 Å². The van der Waals surface area contributed by atoms with Gasteiger partial charge in [-0.05, 0) is 61.4 Å². The van der Waals surface area contributed by atoms with Crippen LogP contribution in [0, 0.1) is 13.8 Å². The van der Waals surface area contributed by atoms with Crippen molar-refractivity contribution in [3.05, 3.63) is 90.0 Å². The highest BCUT2D eigenvalue weighted by Gasteiger charge is 2.27.